The number of hydrogen-bond acceptors (Lipinski definition) is 3. The van der Waals surface area contributed by atoms with Crippen molar-refractivity contribution >= 4 is 0 Å². The molecule has 0 spiro atoms. The third kappa shape index (κ3) is 19.1. The highest BCUT2D eigenvalue weighted by Gasteiger charge is 2.14. The van der Waals surface area contributed by atoms with Gasteiger partial charge in [-0.25, -0.2) is 0 Å². The Bertz CT molecular complexity index is 387. The van der Waals surface area contributed by atoms with E-state index in [4.69, 9.17) is 4.74 Å². The Hall–Kier alpha value is -0.120. The van der Waals surface area contributed by atoms with E-state index in [2.05, 4.69) is 52.2 Å². The second kappa shape index (κ2) is 21.0. The summed E-state index contributed by atoms with van der Waals surface area (Å²) in [6.07, 6.45) is 26.5. The minimum atomic E-state index is 0.415. The fraction of sp³-hybridized carbons (Fsp3) is 1.00. The van der Waals surface area contributed by atoms with Gasteiger partial charge in [0.1, 0.15) is 0 Å². The van der Waals surface area contributed by atoms with Crippen LogP contribution in [0.25, 0.3) is 0 Å². The summed E-state index contributed by atoms with van der Waals surface area (Å²) in [6.45, 7) is 14.5. The monoisotopic (exact) mass is 481 g/mol. The molecule has 0 atom stereocenters. The van der Waals surface area contributed by atoms with Crippen molar-refractivity contribution in [3.8, 4) is 0 Å². The first-order valence-electron chi connectivity index (χ1n) is 15.5. The molecule has 0 unspecified atom stereocenters. The van der Waals surface area contributed by atoms with E-state index in [-0.39, 0.29) is 0 Å². The largest absolute Gasteiger partial charge is 0.376 e. The van der Waals surface area contributed by atoms with Crippen molar-refractivity contribution < 1.29 is 4.74 Å². The van der Waals surface area contributed by atoms with E-state index in [9.17, 15) is 0 Å². The van der Waals surface area contributed by atoms with Gasteiger partial charge in [0, 0.05) is 18.1 Å². The van der Waals surface area contributed by atoms with Crippen molar-refractivity contribution in [1.29, 1.82) is 0 Å². The molecule has 204 valence electrons. The van der Waals surface area contributed by atoms with Crippen LogP contribution in [0.4, 0.5) is 0 Å². The standard InChI is InChI=1S/C11H23N.C10H21N.C10H20O/c1-10(2)12-9-11-7-5-3-4-6-8-11;2*1-9(2)11-10-7-5-3-4-6-8-10/h10-12H,3-9H2,1-2H3;9-11H,3-8H2,1-2H3;9-10H,3-8H2,1-2H3. The van der Waals surface area contributed by atoms with Crippen LogP contribution in [0, 0.1) is 5.92 Å². The Morgan fingerprint density at radius 2 is 1.00 bits per heavy atom. The molecular weight excluding hydrogens is 416 g/mol. The van der Waals surface area contributed by atoms with Gasteiger partial charge in [-0.05, 0) is 64.8 Å². The molecule has 3 nitrogen and oxygen atoms in total. The van der Waals surface area contributed by atoms with E-state index in [1.807, 2.05) is 0 Å². The third-order valence-electron chi connectivity index (χ3n) is 7.48. The van der Waals surface area contributed by atoms with Gasteiger partial charge >= 0.3 is 0 Å². The summed E-state index contributed by atoms with van der Waals surface area (Å²) in [5.74, 6) is 0.967. The lowest BCUT2D eigenvalue weighted by atomic mass is 10.0. The Kier molecular flexibility index (Phi) is 19.7. The van der Waals surface area contributed by atoms with E-state index >= 15 is 0 Å². The van der Waals surface area contributed by atoms with E-state index in [0.29, 0.717) is 24.3 Å². The van der Waals surface area contributed by atoms with Crippen molar-refractivity contribution in [2.75, 3.05) is 6.54 Å². The van der Waals surface area contributed by atoms with E-state index in [0.717, 1.165) is 12.0 Å². The molecule has 0 amide bonds. The SMILES string of the molecule is CC(C)NC1CCCCCC1.CC(C)NCC1CCCCCC1.CC(C)OC1CCCCCC1. The van der Waals surface area contributed by atoms with Crippen LogP contribution >= 0.6 is 0 Å². The molecule has 3 fully saturated rings. The van der Waals surface area contributed by atoms with Crippen LogP contribution in [-0.2, 0) is 4.74 Å². The van der Waals surface area contributed by atoms with Crippen molar-refractivity contribution in [3.05, 3.63) is 0 Å². The van der Waals surface area contributed by atoms with Crippen LogP contribution < -0.4 is 10.6 Å². The summed E-state index contributed by atoms with van der Waals surface area (Å²) >= 11 is 0. The maximum Gasteiger partial charge on any atom is 0.0578 e. The van der Waals surface area contributed by atoms with Gasteiger partial charge in [-0.2, -0.15) is 0 Å². The fourth-order valence-electron chi connectivity index (χ4n) is 5.65. The topological polar surface area (TPSA) is 33.3 Å². The molecule has 0 aromatic rings. The van der Waals surface area contributed by atoms with Gasteiger partial charge in [0.25, 0.3) is 0 Å². The van der Waals surface area contributed by atoms with E-state index in [1.54, 1.807) is 0 Å². The van der Waals surface area contributed by atoms with Gasteiger partial charge in [-0.1, -0.05) is 105 Å². The van der Waals surface area contributed by atoms with Gasteiger partial charge in [-0.3, -0.25) is 0 Å². The predicted octanol–water partition coefficient (Wildman–Crippen LogP) is 8.80. The molecule has 3 heteroatoms. The molecule has 0 radical (unpaired) electrons. The van der Waals surface area contributed by atoms with Crippen molar-refractivity contribution in [3.63, 3.8) is 0 Å². The van der Waals surface area contributed by atoms with Gasteiger partial charge in [-0.15, -0.1) is 0 Å². The molecule has 3 rings (SSSR count). The normalized spacial score (nSPS) is 21.8. The number of rotatable bonds is 7. The van der Waals surface area contributed by atoms with E-state index < -0.39 is 0 Å². The molecule has 3 saturated carbocycles. The Balaban J connectivity index is 0.000000255. The number of ether oxygens (including phenoxy) is 1. The number of hydrogen-bond donors (Lipinski definition) is 2. The third-order valence-corrected chi connectivity index (χ3v) is 7.48. The van der Waals surface area contributed by atoms with Crippen LogP contribution in [0.3, 0.4) is 0 Å². The summed E-state index contributed by atoms with van der Waals surface area (Å²) in [7, 11) is 0. The summed E-state index contributed by atoms with van der Waals surface area (Å²) in [5, 5.41) is 7.16. The first-order chi connectivity index (χ1) is 16.4. The zero-order valence-electron chi connectivity index (χ0n) is 24.3. The van der Waals surface area contributed by atoms with Crippen LogP contribution in [0.5, 0.6) is 0 Å². The molecule has 0 aromatic heterocycles. The molecule has 3 aliphatic carbocycles. The zero-order chi connectivity index (χ0) is 25.0. The summed E-state index contributed by atoms with van der Waals surface area (Å²) in [6, 6.07) is 2.14. The second-order valence-corrected chi connectivity index (χ2v) is 12.2. The minimum absolute atomic E-state index is 0.415. The smallest absolute Gasteiger partial charge is 0.0578 e. The Labute approximate surface area is 215 Å². The lowest BCUT2D eigenvalue weighted by Gasteiger charge is -2.18. The first kappa shape index (κ1) is 31.9. The average molecular weight is 481 g/mol. The molecule has 34 heavy (non-hydrogen) atoms. The highest BCUT2D eigenvalue weighted by atomic mass is 16.5. The molecule has 2 N–H and O–H groups in total. The Morgan fingerprint density at radius 3 is 1.41 bits per heavy atom. The van der Waals surface area contributed by atoms with Crippen molar-refractivity contribution in [2.45, 2.75) is 187 Å². The van der Waals surface area contributed by atoms with Gasteiger partial charge in [0.15, 0.2) is 0 Å². The van der Waals surface area contributed by atoms with Crippen LogP contribution in [-0.4, -0.2) is 36.9 Å². The average Bonchev–Trinajstić information content (AvgIpc) is 3.29. The Morgan fingerprint density at radius 1 is 0.559 bits per heavy atom. The summed E-state index contributed by atoms with van der Waals surface area (Å²) < 4.78 is 5.77. The van der Waals surface area contributed by atoms with Crippen molar-refractivity contribution in [1.82, 2.24) is 10.6 Å². The first-order valence-corrected chi connectivity index (χ1v) is 15.5. The molecule has 3 aliphatic rings. The molecule has 0 aromatic carbocycles. The maximum absolute atomic E-state index is 5.77. The minimum Gasteiger partial charge on any atom is -0.376 e. The molecular formula is C31H64N2O. The predicted molar refractivity (Wildman–Crippen MR) is 152 cm³/mol. The second-order valence-electron chi connectivity index (χ2n) is 12.2. The van der Waals surface area contributed by atoms with Crippen LogP contribution in [0.1, 0.15) is 157 Å². The lowest BCUT2D eigenvalue weighted by Crippen LogP contribution is -2.34. The highest BCUT2D eigenvalue weighted by molar-refractivity contribution is 4.72. The fourth-order valence-corrected chi connectivity index (χ4v) is 5.65. The zero-order valence-corrected chi connectivity index (χ0v) is 24.3. The molecule has 0 heterocycles. The lowest BCUT2D eigenvalue weighted by molar-refractivity contribution is 0.0000229. The van der Waals surface area contributed by atoms with Gasteiger partial charge in [0.05, 0.1) is 12.2 Å². The van der Waals surface area contributed by atoms with Gasteiger partial charge < -0.3 is 15.4 Å². The van der Waals surface area contributed by atoms with Crippen LogP contribution in [0.2, 0.25) is 0 Å². The molecule has 0 aliphatic heterocycles. The van der Waals surface area contributed by atoms with Gasteiger partial charge in [0.2, 0.25) is 0 Å². The summed E-state index contributed by atoms with van der Waals surface area (Å²) in [5.41, 5.74) is 0. The number of nitrogens with one attached hydrogen (secondary N) is 2. The van der Waals surface area contributed by atoms with Crippen molar-refractivity contribution in [2.24, 2.45) is 5.92 Å². The highest BCUT2D eigenvalue weighted by Crippen LogP contribution is 2.22. The van der Waals surface area contributed by atoms with E-state index in [1.165, 1.54) is 122 Å². The quantitative estimate of drug-likeness (QED) is 0.357. The molecule has 0 bridgehead atoms. The van der Waals surface area contributed by atoms with Crippen LogP contribution in [0.15, 0.2) is 0 Å². The summed E-state index contributed by atoms with van der Waals surface area (Å²) in [4.78, 5) is 0. The maximum atomic E-state index is 5.77. The molecule has 0 saturated heterocycles.